The summed E-state index contributed by atoms with van der Waals surface area (Å²) in [4.78, 5) is 15.4. The van der Waals surface area contributed by atoms with Gasteiger partial charge in [0, 0.05) is 18.1 Å². The van der Waals surface area contributed by atoms with Crippen LogP contribution in [0.15, 0.2) is 83.8 Å². The molecule has 8 heteroatoms. The van der Waals surface area contributed by atoms with Crippen LogP contribution in [-0.2, 0) is 21.2 Å². The Balaban J connectivity index is 1.32. The molecular weight excluding hydrogens is 484 g/mol. The maximum Gasteiger partial charge on any atom is 0.265 e. The van der Waals surface area contributed by atoms with Crippen LogP contribution >= 0.6 is 11.6 Å². The Morgan fingerprint density at radius 3 is 2.29 bits per heavy atom. The minimum absolute atomic E-state index is 0.0786. The lowest BCUT2D eigenvalue weighted by Gasteiger charge is -2.38. The number of halogens is 1. The molecule has 0 aliphatic carbocycles. The Labute approximate surface area is 211 Å². The lowest BCUT2D eigenvalue weighted by molar-refractivity contribution is -0.139. The topological polar surface area (TPSA) is 66.9 Å². The number of nitrogens with zero attached hydrogens (tertiary/aromatic N) is 2. The molecule has 1 fully saturated rings. The van der Waals surface area contributed by atoms with E-state index in [0.29, 0.717) is 35.5 Å². The van der Waals surface area contributed by atoms with Gasteiger partial charge in [-0.2, -0.15) is 0 Å². The van der Waals surface area contributed by atoms with Crippen LogP contribution in [0.2, 0.25) is 5.02 Å². The summed E-state index contributed by atoms with van der Waals surface area (Å²) in [6.07, 6.45) is 1.93. The summed E-state index contributed by atoms with van der Waals surface area (Å²) in [6.45, 7) is 1.20. The number of carbonyl (C=O) groups excluding carboxylic acids is 1. The fourth-order valence-electron chi connectivity index (χ4n) is 4.80. The Morgan fingerprint density at radius 1 is 0.914 bits per heavy atom. The first kappa shape index (κ1) is 23.7. The van der Waals surface area contributed by atoms with Crippen LogP contribution in [0, 0.1) is 5.92 Å². The van der Waals surface area contributed by atoms with Gasteiger partial charge in [0.25, 0.3) is 15.9 Å². The van der Waals surface area contributed by atoms with Crippen LogP contribution in [0.4, 0.5) is 5.69 Å². The van der Waals surface area contributed by atoms with Crippen LogP contribution in [-0.4, -0.2) is 45.0 Å². The first-order valence-corrected chi connectivity index (χ1v) is 13.6. The SMILES string of the molecule is O=C([C@H]1CN(S(=O)(=O)c2ccc(Cl)cc2)c2ccccc2O1)N1CCC(Cc2ccccc2)CC1. The summed E-state index contributed by atoms with van der Waals surface area (Å²) in [7, 11) is -3.91. The predicted molar refractivity (Wildman–Crippen MR) is 136 cm³/mol. The van der Waals surface area contributed by atoms with Gasteiger partial charge in [0.1, 0.15) is 5.75 Å². The second-order valence-electron chi connectivity index (χ2n) is 9.02. The van der Waals surface area contributed by atoms with Crippen LogP contribution in [0.5, 0.6) is 5.75 Å². The number of hydrogen-bond acceptors (Lipinski definition) is 4. The van der Waals surface area contributed by atoms with Gasteiger partial charge in [0.05, 0.1) is 17.1 Å². The first-order chi connectivity index (χ1) is 16.9. The summed E-state index contributed by atoms with van der Waals surface area (Å²) in [6, 6.07) is 23.4. The molecule has 2 heterocycles. The standard InChI is InChI=1S/C27H27ClN2O4S/c28-22-10-12-23(13-11-22)35(32,33)30-19-26(34-25-9-5-4-8-24(25)30)27(31)29-16-14-21(15-17-29)18-20-6-2-1-3-7-20/h1-13,21,26H,14-19H2/t26-/m1/s1. The number of likely N-dealkylation sites (tertiary alicyclic amines) is 1. The van der Waals surface area contributed by atoms with Crippen LogP contribution in [0.25, 0.3) is 0 Å². The Morgan fingerprint density at radius 2 is 1.57 bits per heavy atom. The average molecular weight is 511 g/mol. The molecule has 1 amide bonds. The van der Waals surface area contributed by atoms with E-state index in [4.69, 9.17) is 16.3 Å². The van der Waals surface area contributed by atoms with E-state index in [9.17, 15) is 13.2 Å². The van der Waals surface area contributed by atoms with Gasteiger partial charge in [-0.05, 0) is 67.1 Å². The van der Waals surface area contributed by atoms with Gasteiger partial charge >= 0.3 is 0 Å². The van der Waals surface area contributed by atoms with Gasteiger partial charge in [0.2, 0.25) is 0 Å². The van der Waals surface area contributed by atoms with Gasteiger partial charge in [-0.15, -0.1) is 0 Å². The Kier molecular flexibility index (Phi) is 6.71. The molecule has 0 saturated carbocycles. The lowest BCUT2D eigenvalue weighted by atomic mass is 9.90. The third-order valence-electron chi connectivity index (χ3n) is 6.71. The number of rotatable bonds is 5. The highest BCUT2D eigenvalue weighted by Gasteiger charge is 2.39. The number of amides is 1. The van der Waals surface area contributed by atoms with E-state index in [1.807, 2.05) is 11.0 Å². The van der Waals surface area contributed by atoms with E-state index < -0.39 is 16.1 Å². The fourth-order valence-corrected chi connectivity index (χ4v) is 6.40. The predicted octanol–water partition coefficient (Wildman–Crippen LogP) is 4.78. The second kappa shape index (κ2) is 9.91. The molecule has 3 aromatic carbocycles. The number of piperidine rings is 1. The number of hydrogen-bond donors (Lipinski definition) is 0. The van der Waals surface area contributed by atoms with Crippen molar-refractivity contribution in [3.8, 4) is 5.75 Å². The molecule has 0 radical (unpaired) electrons. The summed E-state index contributed by atoms with van der Waals surface area (Å²) >= 11 is 5.96. The van der Waals surface area contributed by atoms with E-state index in [0.717, 1.165) is 19.3 Å². The van der Waals surface area contributed by atoms with Crippen LogP contribution < -0.4 is 9.04 Å². The molecule has 0 bridgehead atoms. The quantitative estimate of drug-likeness (QED) is 0.495. The second-order valence-corrected chi connectivity index (χ2v) is 11.3. The summed E-state index contributed by atoms with van der Waals surface area (Å²) < 4.78 is 34.4. The van der Waals surface area contributed by atoms with Crippen molar-refractivity contribution in [2.24, 2.45) is 5.92 Å². The maximum atomic E-state index is 13.5. The Bertz CT molecular complexity index is 1290. The molecule has 0 N–H and O–H groups in total. The number of ether oxygens (including phenoxy) is 1. The van der Waals surface area contributed by atoms with Gasteiger partial charge < -0.3 is 9.64 Å². The lowest BCUT2D eigenvalue weighted by Crippen LogP contribution is -2.53. The van der Waals surface area contributed by atoms with E-state index in [-0.39, 0.29) is 17.3 Å². The third kappa shape index (κ3) is 5.02. The zero-order chi connectivity index (χ0) is 24.4. The molecule has 6 nitrogen and oxygen atoms in total. The van der Waals surface area contributed by atoms with Crippen molar-refractivity contribution in [1.29, 1.82) is 0 Å². The molecule has 35 heavy (non-hydrogen) atoms. The van der Waals surface area contributed by atoms with E-state index in [1.54, 1.807) is 36.4 Å². The molecule has 0 spiro atoms. The van der Waals surface area contributed by atoms with Crippen molar-refractivity contribution in [2.75, 3.05) is 23.9 Å². The number of benzene rings is 3. The summed E-state index contributed by atoms with van der Waals surface area (Å²) in [5.41, 5.74) is 1.74. The van der Waals surface area contributed by atoms with Crippen molar-refractivity contribution in [3.05, 3.63) is 89.4 Å². The highest BCUT2D eigenvalue weighted by molar-refractivity contribution is 7.92. The normalized spacial score (nSPS) is 18.6. The summed E-state index contributed by atoms with van der Waals surface area (Å²) in [5.74, 6) is 0.735. The number of para-hydroxylation sites is 2. The van der Waals surface area contributed by atoms with Crippen LogP contribution in [0.1, 0.15) is 18.4 Å². The van der Waals surface area contributed by atoms with Crippen molar-refractivity contribution >= 4 is 33.2 Å². The average Bonchev–Trinajstić information content (AvgIpc) is 2.89. The van der Waals surface area contributed by atoms with E-state index in [1.165, 1.54) is 22.0 Å². The monoisotopic (exact) mass is 510 g/mol. The fraction of sp³-hybridized carbons (Fsp3) is 0.296. The van der Waals surface area contributed by atoms with E-state index >= 15 is 0 Å². The van der Waals surface area contributed by atoms with Crippen molar-refractivity contribution in [1.82, 2.24) is 4.90 Å². The maximum absolute atomic E-state index is 13.5. The Hall–Kier alpha value is -3.03. The van der Waals surface area contributed by atoms with Crippen molar-refractivity contribution < 1.29 is 17.9 Å². The molecule has 0 unspecified atom stereocenters. The molecular formula is C27H27ClN2O4S. The number of anilines is 1. The summed E-state index contributed by atoms with van der Waals surface area (Å²) in [5, 5.41) is 0.454. The smallest absolute Gasteiger partial charge is 0.265 e. The number of carbonyl (C=O) groups is 1. The first-order valence-electron chi connectivity index (χ1n) is 11.8. The largest absolute Gasteiger partial charge is 0.476 e. The van der Waals surface area contributed by atoms with Gasteiger partial charge in [-0.25, -0.2) is 8.42 Å². The van der Waals surface area contributed by atoms with Crippen LogP contribution in [0.3, 0.4) is 0 Å². The molecule has 3 aromatic rings. The molecule has 0 aromatic heterocycles. The highest BCUT2D eigenvalue weighted by atomic mass is 35.5. The molecule has 2 aliphatic heterocycles. The van der Waals surface area contributed by atoms with Gasteiger partial charge in [-0.1, -0.05) is 54.1 Å². The van der Waals surface area contributed by atoms with Gasteiger partial charge in [0.15, 0.2) is 6.10 Å². The highest BCUT2D eigenvalue weighted by Crippen LogP contribution is 2.37. The number of sulfonamides is 1. The van der Waals surface area contributed by atoms with Crippen molar-refractivity contribution in [2.45, 2.75) is 30.3 Å². The number of fused-ring (bicyclic) bond motifs is 1. The molecule has 1 saturated heterocycles. The zero-order valence-electron chi connectivity index (χ0n) is 19.2. The molecule has 1 atom stereocenters. The van der Waals surface area contributed by atoms with Gasteiger partial charge in [-0.3, -0.25) is 9.10 Å². The van der Waals surface area contributed by atoms with Crippen molar-refractivity contribution in [3.63, 3.8) is 0 Å². The molecule has 182 valence electrons. The van der Waals surface area contributed by atoms with E-state index in [2.05, 4.69) is 24.3 Å². The zero-order valence-corrected chi connectivity index (χ0v) is 20.8. The molecule has 2 aliphatic rings. The minimum atomic E-state index is -3.91. The molecule has 5 rings (SSSR count). The minimum Gasteiger partial charge on any atom is -0.476 e. The third-order valence-corrected chi connectivity index (χ3v) is 8.75.